The van der Waals surface area contributed by atoms with Crippen molar-refractivity contribution < 1.29 is 13.2 Å². The zero-order valence-corrected chi connectivity index (χ0v) is 16.0. The quantitative estimate of drug-likeness (QED) is 0.738. The van der Waals surface area contributed by atoms with Crippen molar-refractivity contribution in [1.82, 2.24) is 4.31 Å². The zero-order valence-electron chi connectivity index (χ0n) is 13.0. The number of halogens is 1. The summed E-state index contributed by atoms with van der Waals surface area (Å²) in [5, 5.41) is 2.78. The Morgan fingerprint density at radius 1 is 1.13 bits per heavy atom. The molecule has 0 bridgehead atoms. The monoisotopic (exact) mass is 444 g/mol. The number of nitrogens with zero attached hydrogens (tertiary/aromatic N) is 1. The van der Waals surface area contributed by atoms with Crippen molar-refractivity contribution in [2.45, 2.75) is 11.8 Å². The number of hydrogen-bond acceptors (Lipinski definition) is 3. The van der Waals surface area contributed by atoms with Crippen LogP contribution >= 0.6 is 22.6 Å². The summed E-state index contributed by atoms with van der Waals surface area (Å²) in [4.78, 5) is 12.4. The van der Waals surface area contributed by atoms with Gasteiger partial charge in [-0.2, -0.15) is 0 Å². The van der Waals surface area contributed by atoms with Crippen LogP contribution in [0.3, 0.4) is 0 Å². The molecule has 0 saturated heterocycles. The lowest BCUT2D eigenvalue weighted by Gasteiger charge is -2.12. The Hall–Kier alpha value is -1.45. The van der Waals surface area contributed by atoms with Crippen LogP contribution in [0.4, 0.5) is 5.69 Å². The molecule has 0 heterocycles. The highest BCUT2D eigenvalue weighted by Crippen LogP contribution is 2.19. The summed E-state index contributed by atoms with van der Waals surface area (Å²) in [5.74, 6) is -0.347. The molecule has 0 atom stereocenters. The number of amides is 1. The lowest BCUT2D eigenvalue weighted by atomic mass is 10.2. The van der Waals surface area contributed by atoms with E-state index < -0.39 is 10.0 Å². The average molecular weight is 444 g/mol. The number of aryl methyl sites for hydroxylation is 1. The molecule has 122 valence electrons. The Labute approximate surface area is 149 Å². The Kier molecular flexibility index (Phi) is 5.43. The second-order valence-corrected chi connectivity index (χ2v) is 8.55. The maximum absolute atomic E-state index is 12.3. The third kappa shape index (κ3) is 4.10. The third-order valence-electron chi connectivity index (χ3n) is 3.30. The van der Waals surface area contributed by atoms with Crippen LogP contribution in [-0.2, 0) is 10.0 Å². The van der Waals surface area contributed by atoms with Gasteiger partial charge in [-0.15, -0.1) is 0 Å². The number of sulfonamides is 1. The molecule has 2 aromatic carbocycles. The molecule has 0 aliphatic heterocycles. The molecule has 0 aliphatic carbocycles. The van der Waals surface area contributed by atoms with Crippen molar-refractivity contribution in [2.24, 2.45) is 0 Å². The highest BCUT2D eigenvalue weighted by Gasteiger charge is 2.18. The molecule has 0 radical (unpaired) electrons. The van der Waals surface area contributed by atoms with Crippen LogP contribution in [0.15, 0.2) is 47.4 Å². The second-order valence-electron chi connectivity index (χ2n) is 5.23. The van der Waals surface area contributed by atoms with Crippen LogP contribution in [0.25, 0.3) is 0 Å². The van der Waals surface area contributed by atoms with Gasteiger partial charge in [0, 0.05) is 28.9 Å². The molecule has 1 N–H and O–H groups in total. The number of anilines is 1. The van der Waals surface area contributed by atoms with Crippen LogP contribution in [0, 0.1) is 10.5 Å². The molecule has 2 aromatic rings. The molecule has 1 amide bonds. The minimum atomic E-state index is -3.57. The smallest absolute Gasteiger partial charge is 0.255 e. The van der Waals surface area contributed by atoms with E-state index in [1.54, 1.807) is 12.1 Å². The standard InChI is InChI=1S/C16H17IN2O3S/c1-11-7-8-13(10-15(11)17)18-16(20)12-5-4-6-14(9-12)23(21,22)19(2)3/h4-10H,1-3H3,(H,18,20). The largest absolute Gasteiger partial charge is 0.322 e. The Morgan fingerprint density at radius 2 is 1.83 bits per heavy atom. The molecule has 0 fully saturated rings. The number of benzene rings is 2. The van der Waals surface area contributed by atoms with Gasteiger partial charge in [0.25, 0.3) is 5.91 Å². The summed E-state index contributed by atoms with van der Waals surface area (Å²) >= 11 is 2.20. The van der Waals surface area contributed by atoms with E-state index in [0.717, 1.165) is 13.4 Å². The van der Waals surface area contributed by atoms with Gasteiger partial charge in [0.05, 0.1) is 4.90 Å². The molecule has 0 aliphatic rings. The van der Waals surface area contributed by atoms with Crippen LogP contribution < -0.4 is 5.32 Å². The Morgan fingerprint density at radius 3 is 2.43 bits per heavy atom. The normalized spacial score (nSPS) is 11.5. The van der Waals surface area contributed by atoms with E-state index in [-0.39, 0.29) is 10.8 Å². The van der Waals surface area contributed by atoms with Crippen molar-refractivity contribution >= 4 is 44.2 Å². The van der Waals surface area contributed by atoms with Crippen molar-refractivity contribution in [3.8, 4) is 0 Å². The van der Waals surface area contributed by atoms with Crippen LogP contribution in [0.1, 0.15) is 15.9 Å². The fourth-order valence-electron chi connectivity index (χ4n) is 1.88. The van der Waals surface area contributed by atoms with Crippen molar-refractivity contribution in [1.29, 1.82) is 0 Å². The molecule has 23 heavy (non-hydrogen) atoms. The SMILES string of the molecule is Cc1ccc(NC(=O)c2cccc(S(=O)(=O)N(C)C)c2)cc1I. The molecular weight excluding hydrogens is 427 g/mol. The van der Waals surface area contributed by atoms with E-state index in [9.17, 15) is 13.2 Å². The first kappa shape index (κ1) is 17.9. The van der Waals surface area contributed by atoms with Crippen molar-refractivity contribution in [3.05, 3.63) is 57.2 Å². The molecule has 0 saturated carbocycles. The third-order valence-corrected chi connectivity index (χ3v) is 6.28. The van der Waals surface area contributed by atoms with E-state index in [0.29, 0.717) is 11.3 Å². The maximum Gasteiger partial charge on any atom is 0.255 e. The fraction of sp³-hybridized carbons (Fsp3) is 0.188. The number of hydrogen-bond donors (Lipinski definition) is 1. The van der Waals surface area contributed by atoms with E-state index in [1.165, 1.54) is 26.2 Å². The number of rotatable bonds is 4. The van der Waals surface area contributed by atoms with Crippen molar-refractivity contribution in [2.75, 3.05) is 19.4 Å². The predicted molar refractivity (Wildman–Crippen MR) is 99.2 cm³/mol. The van der Waals surface area contributed by atoms with Gasteiger partial charge in [-0.05, 0) is 65.4 Å². The van der Waals surface area contributed by atoms with E-state index in [1.807, 2.05) is 25.1 Å². The molecule has 7 heteroatoms. The van der Waals surface area contributed by atoms with Crippen LogP contribution in [0.5, 0.6) is 0 Å². The first-order valence-electron chi connectivity index (χ1n) is 6.82. The second kappa shape index (κ2) is 6.98. The fourth-order valence-corrected chi connectivity index (χ4v) is 3.35. The van der Waals surface area contributed by atoms with Gasteiger partial charge >= 0.3 is 0 Å². The summed E-state index contributed by atoms with van der Waals surface area (Å²) in [6, 6.07) is 11.6. The Bertz CT molecular complexity index is 848. The number of nitrogens with one attached hydrogen (secondary N) is 1. The van der Waals surface area contributed by atoms with E-state index in [2.05, 4.69) is 27.9 Å². The minimum absolute atomic E-state index is 0.0913. The minimum Gasteiger partial charge on any atom is -0.322 e. The molecule has 5 nitrogen and oxygen atoms in total. The average Bonchev–Trinajstić information content (AvgIpc) is 2.51. The highest BCUT2D eigenvalue weighted by atomic mass is 127. The van der Waals surface area contributed by atoms with Crippen LogP contribution in [0.2, 0.25) is 0 Å². The first-order valence-corrected chi connectivity index (χ1v) is 9.34. The lowest BCUT2D eigenvalue weighted by molar-refractivity contribution is 0.102. The van der Waals surface area contributed by atoms with Gasteiger partial charge in [0.15, 0.2) is 0 Å². The van der Waals surface area contributed by atoms with E-state index >= 15 is 0 Å². The highest BCUT2D eigenvalue weighted by molar-refractivity contribution is 14.1. The topological polar surface area (TPSA) is 66.5 Å². The predicted octanol–water partition coefficient (Wildman–Crippen LogP) is 3.10. The Balaban J connectivity index is 2.28. The summed E-state index contributed by atoms with van der Waals surface area (Å²) in [6.45, 7) is 1.99. The van der Waals surface area contributed by atoms with Gasteiger partial charge in [-0.1, -0.05) is 12.1 Å². The van der Waals surface area contributed by atoms with Gasteiger partial charge in [-0.3, -0.25) is 4.79 Å². The molecular formula is C16H17IN2O3S. The first-order chi connectivity index (χ1) is 10.7. The molecule has 2 rings (SSSR count). The molecule has 0 unspecified atom stereocenters. The van der Waals surface area contributed by atoms with Gasteiger partial charge in [0.2, 0.25) is 10.0 Å². The lowest BCUT2D eigenvalue weighted by Crippen LogP contribution is -2.22. The van der Waals surface area contributed by atoms with Crippen LogP contribution in [-0.4, -0.2) is 32.7 Å². The van der Waals surface area contributed by atoms with Gasteiger partial charge < -0.3 is 5.32 Å². The molecule has 0 spiro atoms. The van der Waals surface area contributed by atoms with Gasteiger partial charge in [0.1, 0.15) is 0 Å². The molecule has 0 aromatic heterocycles. The summed E-state index contributed by atoms with van der Waals surface area (Å²) in [6.07, 6.45) is 0. The van der Waals surface area contributed by atoms with Crippen molar-refractivity contribution in [3.63, 3.8) is 0 Å². The summed E-state index contributed by atoms with van der Waals surface area (Å²) < 4.78 is 26.4. The summed E-state index contributed by atoms with van der Waals surface area (Å²) in [7, 11) is -0.657. The summed E-state index contributed by atoms with van der Waals surface area (Å²) in [5.41, 5.74) is 2.09. The number of carbonyl (C=O) groups is 1. The van der Waals surface area contributed by atoms with E-state index in [4.69, 9.17) is 0 Å². The maximum atomic E-state index is 12.3. The zero-order chi connectivity index (χ0) is 17.2. The number of carbonyl (C=O) groups excluding carboxylic acids is 1. The van der Waals surface area contributed by atoms with Gasteiger partial charge in [-0.25, -0.2) is 12.7 Å².